The summed E-state index contributed by atoms with van der Waals surface area (Å²) in [6.45, 7) is 2.82. The number of halogens is 1. The van der Waals surface area contributed by atoms with Gasteiger partial charge in [0.05, 0.1) is 19.3 Å². The Morgan fingerprint density at radius 3 is 2.83 bits per heavy atom. The number of aromatic nitrogens is 1. The van der Waals surface area contributed by atoms with Gasteiger partial charge in [-0.05, 0) is 38.0 Å². The highest BCUT2D eigenvalue weighted by Gasteiger charge is 2.31. The Kier molecular flexibility index (Phi) is 6.23. The van der Waals surface area contributed by atoms with Crippen LogP contribution >= 0.6 is 15.9 Å². The maximum atomic E-state index is 13.0. The van der Waals surface area contributed by atoms with Crippen molar-refractivity contribution in [3.63, 3.8) is 0 Å². The summed E-state index contributed by atoms with van der Waals surface area (Å²) in [5.41, 5.74) is 3.24. The van der Waals surface area contributed by atoms with Crippen LogP contribution in [0.3, 0.4) is 0 Å². The summed E-state index contributed by atoms with van der Waals surface area (Å²) in [6, 6.07) is 14.1. The van der Waals surface area contributed by atoms with Crippen LogP contribution in [0.1, 0.15) is 42.3 Å². The summed E-state index contributed by atoms with van der Waals surface area (Å²) in [5, 5.41) is 0. The number of hydrogen-bond acceptors (Lipinski definition) is 4. The standard InChI is InChI=1S/C24H25BrN2O3/c1-16-5-7-17(8-6-16)22-15-26-23(30-22)11-12-24(28)27-13-3-4-20(27)19-14-18(25)9-10-21(19)29-2/h5-10,14-15,20H,3-4,11-13H2,1-2H3. The molecule has 3 aromatic rings. The third kappa shape index (κ3) is 4.43. The van der Waals surface area contributed by atoms with Crippen LogP contribution in [0.4, 0.5) is 0 Å². The number of carbonyl (C=O) groups is 1. The van der Waals surface area contributed by atoms with Gasteiger partial charge in [0.15, 0.2) is 11.7 Å². The molecule has 0 spiro atoms. The van der Waals surface area contributed by atoms with E-state index in [1.807, 2.05) is 41.3 Å². The maximum Gasteiger partial charge on any atom is 0.223 e. The first kappa shape index (κ1) is 20.7. The van der Waals surface area contributed by atoms with E-state index in [1.165, 1.54) is 5.56 Å². The molecule has 2 aromatic carbocycles. The van der Waals surface area contributed by atoms with Crippen molar-refractivity contribution < 1.29 is 13.9 Å². The first-order valence-corrected chi connectivity index (χ1v) is 11.0. The fourth-order valence-corrected chi connectivity index (χ4v) is 4.37. The molecule has 1 atom stereocenters. The lowest BCUT2D eigenvalue weighted by Gasteiger charge is -2.26. The lowest BCUT2D eigenvalue weighted by Crippen LogP contribution is -2.31. The first-order valence-electron chi connectivity index (χ1n) is 10.2. The predicted molar refractivity (Wildman–Crippen MR) is 119 cm³/mol. The van der Waals surface area contributed by atoms with Gasteiger partial charge < -0.3 is 14.1 Å². The minimum Gasteiger partial charge on any atom is -0.496 e. The molecule has 1 unspecified atom stereocenters. The molecule has 1 aromatic heterocycles. The highest BCUT2D eigenvalue weighted by molar-refractivity contribution is 9.10. The van der Waals surface area contributed by atoms with Crippen LogP contribution in [0.5, 0.6) is 5.75 Å². The molecule has 0 radical (unpaired) electrons. The fourth-order valence-electron chi connectivity index (χ4n) is 3.99. The number of hydrogen-bond donors (Lipinski definition) is 0. The van der Waals surface area contributed by atoms with Crippen molar-refractivity contribution in [1.82, 2.24) is 9.88 Å². The van der Waals surface area contributed by atoms with E-state index in [2.05, 4.69) is 33.9 Å². The van der Waals surface area contributed by atoms with Crippen LogP contribution in [0.15, 0.2) is 57.6 Å². The lowest BCUT2D eigenvalue weighted by molar-refractivity contribution is -0.132. The topological polar surface area (TPSA) is 55.6 Å². The number of likely N-dealkylation sites (tertiary alicyclic amines) is 1. The van der Waals surface area contributed by atoms with Gasteiger partial charge in [0.2, 0.25) is 5.91 Å². The molecular formula is C24H25BrN2O3. The van der Waals surface area contributed by atoms with Gasteiger partial charge in [-0.1, -0.05) is 45.8 Å². The predicted octanol–water partition coefficient (Wildman–Crippen LogP) is 5.72. The number of oxazole rings is 1. The maximum absolute atomic E-state index is 13.0. The molecule has 1 fully saturated rings. The summed E-state index contributed by atoms with van der Waals surface area (Å²) >= 11 is 3.54. The Balaban J connectivity index is 1.43. The van der Waals surface area contributed by atoms with Gasteiger partial charge in [-0.2, -0.15) is 0 Å². The Morgan fingerprint density at radius 1 is 1.27 bits per heavy atom. The average Bonchev–Trinajstić information content (AvgIpc) is 3.42. The van der Waals surface area contributed by atoms with E-state index in [0.29, 0.717) is 18.7 Å². The molecule has 1 aliphatic rings. The van der Waals surface area contributed by atoms with Crippen molar-refractivity contribution in [2.45, 2.75) is 38.6 Å². The zero-order valence-corrected chi connectivity index (χ0v) is 18.8. The van der Waals surface area contributed by atoms with Crippen molar-refractivity contribution in [2.24, 2.45) is 0 Å². The van der Waals surface area contributed by atoms with Crippen molar-refractivity contribution >= 4 is 21.8 Å². The Labute approximate surface area is 185 Å². The molecule has 1 aliphatic heterocycles. The SMILES string of the molecule is COc1ccc(Br)cc1C1CCCN1C(=O)CCc1ncc(-c2ccc(C)cc2)o1. The summed E-state index contributed by atoms with van der Waals surface area (Å²) in [5.74, 6) is 2.26. The van der Waals surface area contributed by atoms with Gasteiger partial charge in [-0.25, -0.2) is 4.98 Å². The van der Waals surface area contributed by atoms with Crippen LogP contribution < -0.4 is 4.74 Å². The van der Waals surface area contributed by atoms with Crippen molar-refractivity contribution in [3.05, 3.63) is 70.2 Å². The van der Waals surface area contributed by atoms with Gasteiger partial charge in [-0.15, -0.1) is 0 Å². The summed E-state index contributed by atoms with van der Waals surface area (Å²) < 4.78 is 12.4. The van der Waals surface area contributed by atoms with E-state index in [0.717, 1.165) is 46.5 Å². The summed E-state index contributed by atoms with van der Waals surface area (Å²) in [4.78, 5) is 19.3. The minimum absolute atomic E-state index is 0.0395. The Bertz CT molecular complexity index is 1030. The number of methoxy groups -OCH3 is 1. The number of nitrogens with zero attached hydrogens (tertiary/aromatic N) is 2. The minimum atomic E-state index is 0.0395. The summed E-state index contributed by atoms with van der Waals surface area (Å²) in [6.07, 6.45) is 4.53. The van der Waals surface area contributed by atoms with E-state index in [-0.39, 0.29) is 11.9 Å². The van der Waals surface area contributed by atoms with E-state index in [4.69, 9.17) is 9.15 Å². The van der Waals surface area contributed by atoms with Gasteiger partial charge in [0, 0.05) is 35.0 Å². The number of carbonyl (C=O) groups excluding carboxylic acids is 1. The molecular weight excluding hydrogens is 444 g/mol. The van der Waals surface area contributed by atoms with E-state index in [1.54, 1.807) is 13.3 Å². The smallest absolute Gasteiger partial charge is 0.223 e. The van der Waals surface area contributed by atoms with E-state index >= 15 is 0 Å². The van der Waals surface area contributed by atoms with Gasteiger partial charge in [0.25, 0.3) is 0 Å². The molecule has 0 N–H and O–H groups in total. The first-order chi connectivity index (χ1) is 14.5. The van der Waals surface area contributed by atoms with Crippen molar-refractivity contribution in [3.8, 4) is 17.1 Å². The van der Waals surface area contributed by atoms with Gasteiger partial charge in [0.1, 0.15) is 5.75 Å². The second-order valence-electron chi connectivity index (χ2n) is 7.62. The van der Waals surface area contributed by atoms with E-state index in [9.17, 15) is 4.79 Å². The number of amides is 1. The second-order valence-corrected chi connectivity index (χ2v) is 8.53. The molecule has 5 nitrogen and oxygen atoms in total. The largest absolute Gasteiger partial charge is 0.496 e. The van der Waals surface area contributed by atoms with Crippen LogP contribution in [0.2, 0.25) is 0 Å². The molecule has 0 saturated carbocycles. The molecule has 30 heavy (non-hydrogen) atoms. The molecule has 2 heterocycles. The van der Waals surface area contributed by atoms with Crippen LogP contribution in [-0.2, 0) is 11.2 Å². The zero-order valence-electron chi connectivity index (χ0n) is 17.2. The molecule has 6 heteroatoms. The highest BCUT2D eigenvalue weighted by atomic mass is 79.9. The van der Waals surface area contributed by atoms with Gasteiger partial charge >= 0.3 is 0 Å². The lowest BCUT2D eigenvalue weighted by atomic mass is 10.0. The Hall–Kier alpha value is -2.60. The molecule has 1 amide bonds. The normalized spacial score (nSPS) is 16.1. The molecule has 1 saturated heterocycles. The fraction of sp³-hybridized carbons (Fsp3) is 0.333. The van der Waals surface area contributed by atoms with Crippen molar-refractivity contribution in [2.75, 3.05) is 13.7 Å². The Morgan fingerprint density at radius 2 is 2.07 bits per heavy atom. The number of benzene rings is 2. The third-order valence-electron chi connectivity index (χ3n) is 5.57. The highest BCUT2D eigenvalue weighted by Crippen LogP contribution is 2.38. The van der Waals surface area contributed by atoms with Crippen LogP contribution in [0, 0.1) is 6.92 Å². The summed E-state index contributed by atoms with van der Waals surface area (Å²) in [7, 11) is 1.67. The number of rotatable bonds is 6. The second kappa shape index (κ2) is 9.04. The quantitative estimate of drug-likeness (QED) is 0.464. The molecule has 156 valence electrons. The monoisotopic (exact) mass is 468 g/mol. The zero-order chi connectivity index (χ0) is 21.1. The number of aryl methyl sites for hydroxylation is 2. The van der Waals surface area contributed by atoms with Crippen molar-refractivity contribution in [1.29, 1.82) is 0 Å². The molecule has 0 bridgehead atoms. The molecule has 0 aliphatic carbocycles. The van der Waals surface area contributed by atoms with E-state index < -0.39 is 0 Å². The van der Waals surface area contributed by atoms with Gasteiger partial charge in [-0.3, -0.25) is 4.79 Å². The van der Waals surface area contributed by atoms with Crippen LogP contribution in [-0.4, -0.2) is 29.4 Å². The average molecular weight is 469 g/mol. The molecule has 4 rings (SSSR count). The third-order valence-corrected chi connectivity index (χ3v) is 6.06. The number of ether oxygens (including phenoxy) is 1. The van der Waals surface area contributed by atoms with Crippen LogP contribution in [0.25, 0.3) is 11.3 Å².